The Morgan fingerprint density at radius 3 is 2.59 bits per heavy atom. The monoisotopic (exact) mass is 240 g/mol. The smallest absolute Gasteiger partial charge is 0.0506 e. The Labute approximate surface area is 106 Å². The second-order valence-electron chi connectivity index (χ2n) is 6.22. The van der Waals surface area contributed by atoms with Crippen molar-refractivity contribution in [3.05, 3.63) is 0 Å². The van der Waals surface area contributed by atoms with E-state index in [0.717, 1.165) is 19.1 Å². The fourth-order valence-corrected chi connectivity index (χ4v) is 3.18. The lowest BCUT2D eigenvalue weighted by atomic mass is 9.87. The zero-order valence-corrected chi connectivity index (χ0v) is 11.8. The molecule has 3 heteroatoms. The molecule has 0 spiro atoms. The second kappa shape index (κ2) is 5.68. The Bertz CT molecular complexity index is 246. The molecule has 1 N–H and O–H groups in total. The van der Waals surface area contributed by atoms with Gasteiger partial charge in [0.15, 0.2) is 0 Å². The Balaban J connectivity index is 1.89. The first-order chi connectivity index (χ1) is 8.08. The summed E-state index contributed by atoms with van der Waals surface area (Å²) in [5, 5.41) is 3.90. The number of likely N-dealkylation sites (tertiary alicyclic amines) is 1. The van der Waals surface area contributed by atoms with E-state index in [1.165, 1.54) is 19.4 Å². The van der Waals surface area contributed by atoms with Gasteiger partial charge in [0.05, 0.1) is 6.61 Å². The minimum atomic E-state index is 0.658. The van der Waals surface area contributed by atoms with Crippen LogP contribution in [0.1, 0.15) is 33.6 Å². The molecule has 5 atom stereocenters. The molecule has 2 fully saturated rings. The number of piperidine rings is 1. The molecule has 0 aliphatic carbocycles. The van der Waals surface area contributed by atoms with Crippen molar-refractivity contribution in [1.82, 2.24) is 10.2 Å². The van der Waals surface area contributed by atoms with Gasteiger partial charge in [0, 0.05) is 31.3 Å². The van der Waals surface area contributed by atoms with Crippen molar-refractivity contribution in [2.24, 2.45) is 11.8 Å². The standard InChI is InChI=1S/C14H28N2O/c1-10-8-16(4)12(3)7-14(10)15-13-5-6-17-9-11(13)2/h10-15H,5-9H2,1-4H3. The summed E-state index contributed by atoms with van der Waals surface area (Å²) in [6, 6.07) is 2.05. The van der Waals surface area contributed by atoms with Crippen LogP contribution >= 0.6 is 0 Å². The van der Waals surface area contributed by atoms with Crippen molar-refractivity contribution in [2.75, 3.05) is 26.8 Å². The summed E-state index contributed by atoms with van der Waals surface area (Å²) < 4.78 is 5.52. The van der Waals surface area contributed by atoms with Gasteiger partial charge in [-0.25, -0.2) is 0 Å². The van der Waals surface area contributed by atoms with Gasteiger partial charge in [0.2, 0.25) is 0 Å². The van der Waals surface area contributed by atoms with E-state index in [1.807, 2.05) is 0 Å². The largest absolute Gasteiger partial charge is 0.381 e. The van der Waals surface area contributed by atoms with Crippen LogP contribution in [0.15, 0.2) is 0 Å². The summed E-state index contributed by atoms with van der Waals surface area (Å²) in [5.74, 6) is 1.41. The summed E-state index contributed by atoms with van der Waals surface area (Å²) in [5.41, 5.74) is 0. The third kappa shape index (κ3) is 3.21. The van der Waals surface area contributed by atoms with Crippen LogP contribution in [-0.2, 0) is 4.74 Å². The van der Waals surface area contributed by atoms with E-state index in [9.17, 15) is 0 Å². The van der Waals surface area contributed by atoms with Crippen LogP contribution in [0.25, 0.3) is 0 Å². The van der Waals surface area contributed by atoms with Crippen LogP contribution in [0, 0.1) is 11.8 Å². The van der Waals surface area contributed by atoms with E-state index in [0.29, 0.717) is 24.0 Å². The molecule has 0 saturated carbocycles. The van der Waals surface area contributed by atoms with Gasteiger partial charge >= 0.3 is 0 Å². The fourth-order valence-electron chi connectivity index (χ4n) is 3.18. The van der Waals surface area contributed by atoms with Gasteiger partial charge in [-0.05, 0) is 38.6 Å². The molecule has 5 unspecified atom stereocenters. The number of nitrogens with zero attached hydrogens (tertiary/aromatic N) is 1. The van der Waals surface area contributed by atoms with Crippen LogP contribution in [0.2, 0.25) is 0 Å². The number of hydrogen-bond acceptors (Lipinski definition) is 3. The highest BCUT2D eigenvalue weighted by Gasteiger charge is 2.32. The lowest BCUT2D eigenvalue weighted by Crippen LogP contribution is -2.55. The maximum Gasteiger partial charge on any atom is 0.0506 e. The Morgan fingerprint density at radius 1 is 1.12 bits per heavy atom. The lowest BCUT2D eigenvalue weighted by molar-refractivity contribution is 0.0253. The number of nitrogens with one attached hydrogen (secondary N) is 1. The fraction of sp³-hybridized carbons (Fsp3) is 1.00. The molecule has 0 radical (unpaired) electrons. The molecular weight excluding hydrogens is 212 g/mol. The predicted octanol–water partition coefficient (Wildman–Crippen LogP) is 1.73. The Kier molecular flexibility index (Phi) is 4.45. The molecule has 3 nitrogen and oxygen atoms in total. The number of hydrogen-bond donors (Lipinski definition) is 1. The van der Waals surface area contributed by atoms with Crippen LogP contribution in [0.4, 0.5) is 0 Å². The second-order valence-corrected chi connectivity index (χ2v) is 6.22. The molecule has 17 heavy (non-hydrogen) atoms. The summed E-state index contributed by atoms with van der Waals surface area (Å²) in [4.78, 5) is 2.48. The van der Waals surface area contributed by atoms with Crippen molar-refractivity contribution >= 4 is 0 Å². The minimum absolute atomic E-state index is 0.658. The third-order valence-electron chi connectivity index (χ3n) is 4.68. The molecule has 2 aliphatic rings. The highest BCUT2D eigenvalue weighted by molar-refractivity contribution is 4.89. The van der Waals surface area contributed by atoms with Crippen molar-refractivity contribution in [3.8, 4) is 0 Å². The zero-order chi connectivity index (χ0) is 12.4. The molecule has 2 rings (SSSR count). The first-order valence-corrected chi connectivity index (χ1v) is 7.12. The zero-order valence-electron chi connectivity index (χ0n) is 11.8. The minimum Gasteiger partial charge on any atom is -0.381 e. The normalized spacial score (nSPS) is 44.8. The van der Waals surface area contributed by atoms with Crippen molar-refractivity contribution in [3.63, 3.8) is 0 Å². The van der Waals surface area contributed by atoms with Gasteiger partial charge in [-0.15, -0.1) is 0 Å². The summed E-state index contributed by atoms with van der Waals surface area (Å²) in [6.45, 7) is 10.1. The Hall–Kier alpha value is -0.120. The number of rotatable bonds is 2. The van der Waals surface area contributed by atoms with E-state index < -0.39 is 0 Å². The first kappa shape index (κ1) is 13.3. The molecule has 0 bridgehead atoms. The predicted molar refractivity (Wildman–Crippen MR) is 71.2 cm³/mol. The molecule has 0 aromatic rings. The SMILES string of the molecule is CC1COCCC1NC1CC(C)N(C)CC1C. The average molecular weight is 240 g/mol. The quantitative estimate of drug-likeness (QED) is 0.795. The van der Waals surface area contributed by atoms with E-state index >= 15 is 0 Å². The van der Waals surface area contributed by atoms with E-state index in [1.54, 1.807) is 0 Å². The molecule has 100 valence electrons. The summed E-state index contributed by atoms with van der Waals surface area (Å²) >= 11 is 0. The maximum absolute atomic E-state index is 5.52. The van der Waals surface area contributed by atoms with E-state index in [4.69, 9.17) is 4.74 Å². The molecule has 0 amide bonds. The molecule has 2 aliphatic heterocycles. The topological polar surface area (TPSA) is 24.5 Å². The number of ether oxygens (including phenoxy) is 1. The van der Waals surface area contributed by atoms with E-state index in [2.05, 4.69) is 38.0 Å². The van der Waals surface area contributed by atoms with Crippen molar-refractivity contribution in [1.29, 1.82) is 0 Å². The van der Waals surface area contributed by atoms with Crippen molar-refractivity contribution in [2.45, 2.75) is 51.7 Å². The van der Waals surface area contributed by atoms with Gasteiger partial charge in [-0.1, -0.05) is 13.8 Å². The average Bonchev–Trinajstić information content (AvgIpc) is 2.29. The van der Waals surface area contributed by atoms with Crippen molar-refractivity contribution < 1.29 is 4.74 Å². The van der Waals surface area contributed by atoms with Crippen LogP contribution in [0.3, 0.4) is 0 Å². The Morgan fingerprint density at radius 2 is 1.88 bits per heavy atom. The van der Waals surface area contributed by atoms with Gasteiger partial charge in [-0.3, -0.25) is 0 Å². The van der Waals surface area contributed by atoms with Gasteiger partial charge in [0.1, 0.15) is 0 Å². The van der Waals surface area contributed by atoms with Gasteiger partial charge in [0.25, 0.3) is 0 Å². The van der Waals surface area contributed by atoms with Crippen LogP contribution in [-0.4, -0.2) is 49.8 Å². The summed E-state index contributed by atoms with van der Waals surface area (Å²) in [7, 11) is 2.24. The summed E-state index contributed by atoms with van der Waals surface area (Å²) in [6.07, 6.45) is 2.45. The maximum atomic E-state index is 5.52. The third-order valence-corrected chi connectivity index (χ3v) is 4.68. The van der Waals surface area contributed by atoms with Gasteiger partial charge < -0.3 is 15.0 Å². The molecule has 2 saturated heterocycles. The van der Waals surface area contributed by atoms with E-state index in [-0.39, 0.29) is 0 Å². The first-order valence-electron chi connectivity index (χ1n) is 7.12. The highest BCUT2D eigenvalue weighted by atomic mass is 16.5. The molecule has 2 heterocycles. The molecule has 0 aromatic heterocycles. The lowest BCUT2D eigenvalue weighted by Gasteiger charge is -2.43. The highest BCUT2D eigenvalue weighted by Crippen LogP contribution is 2.23. The van der Waals surface area contributed by atoms with Crippen LogP contribution < -0.4 is 5.32 Å². The molecule has 0 aromatic carbocycles. The van der Waals surface area contributed by atoms with Gasteiger partial charge in [-0.2, -0.15) is 0 Å². The molecular formula is C14H28N2O. The van der Waals surface area contributed by atoms with Crippen LogP contribution in [0.5, 0.6) is 0 Å².